The van der Waals surface area contributed by atoms with Crippen LogP contribution in [0.3, 0.4) is 0 Å². The lowest BCUT2D eigenvalue weighted by atomic mass is 10.0. The Morgan fingerprint density at radius 2 is 1.89 bits per heavy atom. The lowest BCUT2D eigenvalue weighted by Gasteiger charge is -2.22. The van der Waals surface area contributed by atoms with Gasteiger partial charge in [0.2, 0.25) is 0 Å². The number of rotatable bonds is 9. The van der Waals surface area contributed by atoms with Crippen LogP contribution in [0, 0.1) is 5.92 Å². The van der Waals surface area contributed by atoms with E-state index in [4.69, 9.17) is 9.94 Å². The van der Waals surface area contributed by atoms with Crippen LogP contribution >= 0.6 is 0 Å². The van der Waals surface area contributed by atoms with Gasteiger partial charge in [-0.25, -0.2) is 5.48 Å². The van der Waals surface area contributed by atoms with E-state index in [0.29, 0.717) is 12.5 Å². The Labute approximate surface area is 160 Å². The second-order valence-electron chi connectivity index (χ2n) is 7.46. The summed E-state index contributed by atoms with van der Waals surface area (Å²) in [5.41, 5.74) is 3.44. The van der Waals surface area contributed by atoms with Crippen LogP contribution in [0.1, 0.15) is 57.1 Å². The van der Waals surface area contributed by atoms with Crippen LogP contribution in [0.4, 0.5) is 0 Å². The number of carbonyl (C=O) groups is 2. The number of amides is 1. The Kier molecular flexibility index (Phi) is 8.48. The predicted octanol–water partition coefficient (Wildman–Crippen LogP) is 3.20. The Balaban J connectivity index is 1.90. The molecule has 6 heteroatoms. The minimum atomic E-state index is -0.571. The molecule has 148 valence electrons. The number of hydrogen-bond acceptors (Lipinski definition) is 5. The normalized spacial score (nSPS) is 16.0. The summed E-state index contributed by atoms with van der Waals surface area (Å²) in [6.45, 7) is 4.76. The van der Waals surface area contributed by atoms with Crippen molar-refractivity contribution in [1.29, 1.82) is 0 Å². The van der Waals surface area contributed by atoms with Crippen molar-refractivity contribution in [2.45, 2.75) is 64.6 Å². The van der Waals surface area contributed by atoms with Gasteiger partial charge in [-0.1, -0.05) is 38.1 Å². The van der Waals surface area contributed by atoms with E-state index in [2.05, 4.69) is 19.2 Å². The number of ether oxygens (including phenoxy) is 1. The van der Waals surface area contributed by atoms with E-state index in [-0.39, 0.29) is 18.1 Å². The molecular formula is C21H30N2O4. The Morgan fingerprint density at radius 1 is 1.22 bits per heavy atom. The smallest absolute Gasteiger partial charge is 0.323 e. The quantitative estimate of drug-likeness (QED) is 0.267. The maximum absolute atomic E-state index is 12.5. The minimum Gasteiger partial charge on any atom is -0.461 e. The molecule has 0 saturated heterocycles. The third-order valence-electron chi connectivity index (χ3n) is 4.65. The first-order valence-electron chi connectivity index (χ1n) is 9.63. The lowest BCUT2D eigenvalue weighted by Crippen LogP contribution is -2.40. The highest BCUT2D eigenvalue weighted by Gasteiger charge is 2.25. The standard InChI is InChI=1S/C21H30N2O4/c1-15(2)13-19(21(25)27-18-5-3-4-6-18)22-14-17-9-7-16(8-10-17)11-12-20(24)23-26/h7-12,15,18-19,22,26H,3-6,13-14H2,1-2H3,(H,23,24)/t19-/m0/s1. The van der Waals surface area contributed by atoms with Gasteiger partial charge in [-0.3, -0.25) is 14.8 Å². The highest BCUT2D eigenvalue weighted by molar-refractivity contribution is 5.90. The Hall–Kier alpha value is -2.18. The van der Waals surface area contributed by atoms with Crippen LogP contribution < -0.4 is 10.8 Å². The van der Waals surface area contributed by atoms with Gasteiger partial charge in [-0.15, -0.1) is 0 Å². The van der Waals surface area contributed by atoms with Gasteiger partial charge in [0.25, 0.3) is 5.91 Å². The number of hydroxylamine groups is 1. The zero-order valence-electron chi connectivity index (χ0n) is 16.1. The van der Waals surface area contributed by atoms with Crippen LogP contribution in [0.2, 0.25) is 0 Å². The summed E-state index contributed by atoms with van der Waals surface area (Å²) in [7, 11) is 0. The van der Waals surface area contributed by atoms with E-state index < -0.39 is 5.91 Å². The Morgan fingerprint density at radius 3 is 2.48 bits per heavy atom. The van der Waals surface area contributed by atoms with E-state index in [9.17, 15) is 9.59 Å². The maximum Gasteiger partial charge on any atom is 0.323 e. The van der Waals surface area contributed by atoms with E-state index in [1.54, 1.807) is 11.6 Å². The third-order valence-corrected chi connectivity index (χ3v) is 4.65. The molecule has 0 unspecified atom stereocenters. The van der Waals surface area contributed by atoms with Crippen LogP contribution in [0.5, 0.6) is 0 Å². The average Bonchev–Trinajstić information content (AvgIpc) is 3.16. The zero-order chi connectivity index (χ0) is 19.6. The van der Waals surface area contributed by atoms with Crippen LogP contribution in [-0.2, 0) is 20.9 Å². The summed E-state index contributed by atoms with van der Waals surface area (Å²) in [6.07, 6.45) is 7.92. The SMILES string of the molecule is CC(C)C[C@H](NCc1ccc(C=CC(=O)NO)cc1)C(=O)OC1CCCC1. The molecule has 1 aromatic rings. The molecule has 0 heterocycles. The molecule has 1 fully saturated rings. The highest BCUT2D eigenvalue weighted by Crippen LogP contribution is 2.22. The van der Waals surface area contributed by atoms with Crippen molar-refractivity contribution in [3.05, 3.63) is 41.5 Å². The second-order valence-corrected chi connectivity index (χ2v) is 7.46. The summed E-state index contributed by atoms with van der Waals surface area (Å²) in [5, 5.41) is 11.8. The molecule has 0 radical (unpaired) electrons. The summed E-state index contributed by atoms with van der Waals surface area (Å²) in [4.78, 5) is 23.5. The fourth-order valence-electron chi connectivity index (χ4n) is 3.18. The molecule has 1 atom stereocenters. The molecule has 27 heavy (non-hydrogen) atoms. The number of hydrogen-bond donors (Lipinski definition) is 3. The van der Waals surface area contributed by atoms with Crippen molar-refractivity contribution >= 4 is 18.0 Å². The van der Waals surface area contributed by atoms with E-state index in [0.717, 1.165) is 43.2 Å². The molecular weight excluding hydrogens is 344 g/mol. The molecule has 0 aromatic heterocycles. The van der Waals surface area contributed by atoms with Crippen molar-refractivity contribution in [1.82, 2.24) is 10.8 Å². The maximum atomic E-state index is 12.5. The topological polar surface area (TPSA) is 87.7 Å². The van der Waals surface area contributed by atoms with Crippen molar-refractivity contribution in [3.8, 4) is 0 Å². The fraction of sp³-hybridized carbons (Fsp3) is 0.524. The molecule has 0 spiro atoms. The summed E-state index contributed by atoms with van der Waals surface area (Å²) in [6, 6.07) is 7.34. The molecule has 0 bridgehead atoms. The average molecular weight is 374 g/mol. The van der Waals surface area contributed by atoms with Gasteiger partial charge in [0.1, 0.15) is 12.1 Å². The largest absolute Gasteiger partial charge is 0.461 e. The molecule has 0 aliphatic heterocycles. The van der Waals surface area contributed by atoms with Gasteiger partial charge in [0.05, 0.1) is 0 Å². The first kappa shape index (κ1) is 21.1. The van der Waals surface area contributed by atoms with E-state index >= 15 is 0 Å². The summed E-state index contributed by atoms with van der Waals surface area (Å²) in [5.74, 6) is -0.327. The summed E-state index contributed by atoms with van der Waals surface area (Å²) >= 11 is 0. The van der Waals surface area contributed by atoms with Crippen molar-refractivity contribution in [2.75, 3.05) is 0 Å². The molecule has 2 rings (SSSR count). The molecule has 1 aliphatic carbocycles. The van der Waals surface area contributed by atoms with Crippen molar-refractivity contribution in [3.63, 3.8) is 0 Å². The first-order chi connectivity index (χ1) is 13.0. The highest BCUT2D eigenvalue weighted by atomic mass is 16.5. The van der Waals surface area contributed by atoms with Crippen LogP contribution in [0.15, 0.2) is 30.3 Å². The molecule has 6 nitrogen and oxygen atoms in total. The number of carbonyl (C=O) groups excluding carboxylic acids is 2. The van der Waals surface area contributed by atoms with Crippen LogP contribution in [0.25, 0.3) is 6.08 Å². The number of esters is 1. The van der Waals surface area contributed by atoms with Crippen molar-refractivity contribution < 1.29 is 19.5 Å². The zero-order valence-corrected chi connectivity index (χ0v) is 16.1. The monoisotopic (exact) mass is 374 g/mol. The molecule has 1 amide bonds. The van der Waals surface area contributed by atoms with Gasteiger partial charge in [-0.05, 0) is 55.2 Å². The molecule has 3 N–H and O–H groups in total. The van der Waals surface area contributed by atoms with Gasteiger partial charge < -0.3 is 10.1 Å². The predicted molar refractivity (Wildman–Crippen MR) is 104 cm³/mol. The molecule has 1 saturated carbocycles. The fourth-order valence-corrected chi connectivity index (χ4v) is 3.18. The summed E-state index contributed by atoms with van der Waals surface area (Å²) < 4.78 is 5.68. The van der Waals surface area contributed by atoms with Gasteiger partial charge in [-0.2, -0.15) is 0 Å². The number of benzene rings is 1. The second kappa shape index (κ2) is 10.8. The Bertz CT molecular complexity index is 634. The first-order valence-corrected chi connectivity index (χ1v) is 9.63. The lowest BCUT2D eigenvalue weighted by molar-refractivity contribution is -0.151. The minimum absolute atomic E-state index is 0.0798. The van der Waals surface area contributed by atoms with Crippen molar-refractivity contribution in [2.24, 2.45) is 5.92 Å². The van der Waals surface area contributed by atoms with Crippen LogP contribution in [-0.4, -0.2) is 29.2 Å². The number of nitrogens with one attached hydrogen (secondary N) is 2. The third kappa shape index (κ3) is 7.53. The van der Waals surface area contributed by atoms with Gasteiger partial charge in [0, 0.05) is 12.6 Å². The van der Waals surface area contributed by atoms with E-state index in [1.165, 1.54) is 6.08 Å². The van der Waals surface area contributed by atoms with E-state index in [1.807, 2.05) is 24.3 Å². The molecule has 1 aromatic carbocycles. The van der Waals surface area contributed by atoms with Gasteiger partial charge in [0.15, 0.2) is 0 Å². The molecule has 1 aliphatic rings. The van der Waals surface area contributed by atoms with Gasteiger partial charge >= 0.3 is 5.97 Å².